The molecule has 2 heterocycles. The molecule has 0 fully saturated rings. The Hall–Kier alpha value is -3.64. The monoisotopic (exact) mass is 623 g/mol. The fourth-order valence-electron chi connectivity index (χ4n) is 8.91. The van der Waals surface area contributed by atoms with Gasteiger partial charge in [-0.15, -0.1) is 0 Å². The van der Waals surface area contributed by atoms with Crippen LogP contribution in [0.4, 0.5) is 0 Å². The molecule has 6 rings (SSSR count). The highest BCUT2D eigenvalue weighted by Gasteiger charge is 2.53. The summed E-state index contributed by atoms with van der Waals surface area (Å²) in [5.41, 5.74) is 5.67. The highest BCUT2D eigenvalue weighted by Crippen LogP contribution is 2.63. The van der Waals surface area contributed by atoms with Crippen LogP contribution in [0.5, 0.6) is 23.3 Å². The molecule has 0 saturated heterocycles. The molecule has 1 aromatic heterocycles. The minimum Gasteiger partial charge on any atom is -0.543 e. The van der Waals surface area contributed by atoms with Gasteiger partial charge in [-0.1, -0.05) is 108 Å². The summed E-state index contributed by atoms with van der Waals surface area (Å²) in [5.74, 6) is 1.87. The van der Waals surface area contributed by atoms with Crippen LogP contribution < -0.4 is 9.16 Å². The Morgan fingerprint density at radius 3 is 2.00 bits per heavy atom. The second-order valence-corrected chi connectivity index (χ2v) is 20.0. The molecule has 0 unspecified atom stereocenters. The summed E-state index contributed by atoms with van der Waals surface area (Å²) in [4.78, 5) is 0. The average Bonchev–Trinajstić information content (AvgIpc) is 3.24. The first-order valence-electron chi connectivity index (χ1n) is 16.6. The average molecular weight is 624 g/mol. The standard InChI is InChI=1S/C39H49NO4Si/c1-24(2)45(25(3)4,26(5)6)44-29-19-20-30-32-22-31(28-17-13-10-14-18-28)34-35(36(32)39(7,8)43-33(30)21-29)38(42)40(37(34)41)23-27-15-11-9-12-16-27/h9-21,24-26,31-32,36,41-42H,22-23H2,1-8H3/t31-,32+,36-/m1/s1. The van der Waals surface area contributed by atoms with E-state index in [-0.39, 0.29) is 29.5 Å². The van der Waals surface area contributed by atoms with Crippen molar-refractivity contribution in [3.63, 3.8) is 0 Å². The van der Waals surface area contributed by atoms with Crippen LogP contribution in [0.15, 0.2) is 78.9 Å². The molecule has 1 aliphatic carbocycles. The van der Waals surface area contributed by atoms with E-state index in [1.165, 1.54) is 0 Å². The molecule has 238 valence electrons. The fraction of sp³-hybridized carbons (Fsp3) is 0.436. The van der Waals surface area contributed by atoms with E-state index < -0.39 is 13.9 Å². The Morgan fingerprint density at radius 1 is 0.822 bits per heavy atom. The van der Waals surface area contributed by atoms with E-state index in [0.29, 0.717) is 23.2 Å². The van der Waals surface area contributed by atoms with Crippen molar-refractivity contribution in [3.05, 3.63) is 107 Å². The maximum Gasteiger partial charge on any atom is 0.258 e. The molecule has 0 spiro atoms. The SMILES string of the molecule is CC(C)[Si](Oc1ccc2c(c1)OC(C)(C)[C@H]1c3c(c(O)n(Cc4ccccc4)c3O)[C@@H](c3ccccc3)C[C@@H]21)(C(C)C)C(C)C. The molecule has 3 atom stereocenters. The van der Waals surface area contributed by atoms with E-state index in [1.54, 1.807) is 4.57 Å². The van der Waals surface area contributed by atoms with Crippen molar-refractivity contribution in [2.75, 3.05) is 0 Å². The Kier molecular flexibility index (Phi) is 8.09. The number of benzene rings is 3. The highest BCUT2D eigenvalue weighted by molar-refractivity contribution is 6.78. The van der Waals surface area contributed by atoms with Gasteiger partial charge in [0.2, 0.25) is 0 Å². The van der Waals surface area contributed by atoms with Crippen molar-refractivity contribution in [1.29, 1.82) is 0 Å². The van der Waals surface area contributed by atoms with Crippen LogP contribution in [0, 0.1) is 0 Å². The van der Waals surface area contributed by atoms with E-state index in [9.17, 15) is 10.2 Å². The van der Waals surface area contributed by atoms with Gasteiger partial charge in [0.05, 0.1) is 6.54 Å². The predicted octanol–water partition coefficient (Wildman–Crippen LogP) is 10.1. The molecule has 5 nitrogen and oxygen atoms in total. The van der Waals surface area contributed by atoms with Gasteiger partial charge in [-0.05, 0) is 65.6 Å². The Labute approximate surface area is 270 Å². The molecule has 4 aromatic rings. The first-order valence-corrected chi connectivity index (χ1v) is 18.8. The lowest BCUT2D eigenvalue weighted by molar-refractivity contribution is 0.0394. The van der Waals surface area contributed by atoms with E-state index in [0.717, 1.165) is 45.7 Å². The minimum atomic E-state index is -2.15. The zero-order chi connectivity index (χ0) is 32.3. The number of ether oxygens (including phenoxy) is 1. The molecule has 0 amide bonds. The summed E-state index contributed by atoms with van der Waals surface area (Å²) in [6.07, 6.45) is 0.798. The van der Waals surface area contributed by atoms with Crippen molar-refractivity contribution in [3.8, 4) is 23.3 Å². The van der Waals surface area contributed by atoms with Gasteiger partial charge in [0.15, 0.2) is 11.8 Å². The molecular formula is C39H49NO4Si. The molecule has 0 bridgehead atoms. The molecule has 2 N–H and O–H groups in total. The third-order valence-corrected chi connectivity index (χ3v) is 16.7. The third kappa shape index (κ3) is 5.15. The van der Waals surface area contributed by atoms with Crippen LogP contribution in [0.2, 0.25) is 16.6 Å². The number of aromatic nitrogens is 1. The van der Waals surface area contributed by atoms with Crippen LogP contribution >= 0.6 is 0 Å². The van der Waals surface area contributed by atoms with Gasteiger partial charge >= 0.3 is 0 Å². The van der Waals surface area contributed by atoms with Gasteiger partial charge in [0.25, 0.3) is 8.32 Å². The zero-order valence-corrected chi connectivity index (χ0v) is 29.0. The number of hydrogen-bond donors (Lipinski definition) is 2. The number of fused-ring (bicyclic) bond motifs is 5. The highest BCUT2D eigenvalue weighted by atomic mass is 28.4. The van der Waals surface area contributed by atoms with E-state index in [1.807, 2.05) is 36.4 Å². The van der Waals surface area contributed by atoms with E-state index >= 15 is 0 Å². The predicted molar refractivity (Wildman–Crippen MR) is 185 cm³/mol. The van der Waals surface area contributed by atoms with E-state index in [4.69, 9.17) is 9.16 Å². The van der Waals surface area contributed by atoms with E-state index in [2.05, 4.69) is 97.9 Å². The van der Waals surface area contributed by atoms with Gasteiger partial charge in [0.1, 0.15) is 17.1 Å². The molecule has 1 aliphatic heterocycles. The summed E-state index contributed by atoms with van der Waals surface area (Å²) in [5, 5.41) is 23.8. The summed E-state index contributed by atoms with van der Waals surface area (Å²) in [6, 6.07) is 26.8. The van der Waals surface area contributed by atoms with Crippen molar-refractivity contribution >= 4 is 8.32 Å². The third-order valence-electron chi connectivity index (χ3n) is 10.7. The van der Waals surface area contributed by atoms with Gasteiger partial charge in [-0.25, -0.2) is 0 Å². The Morgan fingerprint density at radius 2 is 1.40 bits per heavy atom. The summed E-state index contributed by atoms with van der Waals surface area (Å²) < 4.78 is 15.6. The zero-order valence-electron chi connectivity index (χ0n) is 28.0. The van der Waals surface area contributed by atoms with Gasteiger partial charge in [-0.3, -0.25) is 4.57 Å². The number of aromatic hydroxyl groups is 2. The largest absolute Gasteiger partial charge is 0.543 e. The second kappa shape index (κ2) is 11.6. The summed E-state index contributed by atoms with van der Waals surface area (Å²) >= 11 is 0. The lowest BCUT2D eigenvalue weighted by atomic mass is 9.61. The van der Waals surface area contributed by atoms with Gasteiger partial charge < -0.3 is 19.4 Å². The molecule has 0 saturated carbocycles. The van der Waals surface area contributed by atoms with Crippen molar-refractivity contribution in [1.82, 2.24) is 4.57 Å². The number of nitrogens with zero attached hydrogens (tertiary/aromatic N) is 1. The summed E-state index contributed by atoms with van der Waals surface area (Å²) in [7, 11) is -2.15. The fourth-order valence-corrected chi connectivity index (χ4v) is 14.2. The second-order valence-electron chi connectivity index (χ2n) is 14.7. The lowest BCUT2D eigenvalue weighted by Gasteiger charge is -2.49. The maximum absolute atomic E-state index is 12.0. The van der Waals surface area contributed by atoms with Gasteiger partial charge in [0, 0.05) is 29.0 Å². The molecule has 3 aromatic carbocycles. The molecule has 0 radical (unpaired) electrons. The van der Waals surface area contributed by atoms with Crippen LogP contribution in [-0.4, -0.2) is 28.7 Å². The van der Waals surface area contributed by atoms with Crippen molar-refractivity contribution in [2.45, 2.75) is 108 Å². The van der Waals surface area contributed by atoms with Gasteiger partial charge in [-0.2, -0.15) is 0 Å². The van der Waals surface area contributed by atoms with Crippen LogP contribution in [0.25, 0.3) is 0 Å². The lowest BCUT2D eigenvalue weighted by Crippen LogP contribution is -2.50. The molecule has 2 aliphatic rings. The Balaban J connectivity index is 1.48. The molecule has 6 heteroatoms. The van der Waals surface area contributed by atoms with Crippen LogP contribution in [0.1, 0.15) is 107 Å². The normalized spacial score (nSPS) is 20.5. The van der Waals surface area contributed by atoms with Crippen molar-refractivity contribution in [2.24, 2.45) is 0 Å². The molecular weight excluding hydrogens is 575 g/mol. The number of hydrogen-bond acceptors (Lipinski definition) is 4. The number of rotatable bonds is 8. The smallest absolute Gasteiger partial charge is 0.258 e. The van der Waals surface area contributed by atoms with Crippen LogP contribution in [0.3, 0.4) is 0 Å². The molecule has 45 heavy (non-hydrogen) atoms. The van der Waals surface area contributed by atoms with Crippen LogP contribution in [-0.2, 0) is 6.54 Å². The quantitative estimate of drug-likeness (QED) is 0.192. The minimum absolute atomic E-state index is 0.0778. The Bertz CT molecular complexity index is 1640. The van der Waals surface area contributed by atoms with Crippen molar-refractivity contribution < 1.29 is 19.4 Å². The first-order chi connectivity index (χ1) is 21.4. The summed E-state index contributed by atoms with van der Waals surface area (Å²) in [6.45, 7) is 18.5. The first kappa shape index (κ1) is 31.3. The topological polar surface area (TPSA) is 63.8 Å². The maximum atomic E-state index is 12.0.